The van der Waals surface area contributed by atoms with Crippen LogP contribution in [-0.2, 0) is 17.6 Å². The van der Waals surface area contributed by atoms with Gasteiger partial charge in [0.05, 0.1) is 5.75 Å². The monoisotopic (exact) mass is 505 g/mol. The number of rotatable bonds is 8. The Morgan fingerprint density at radius 2 is 1.68 bits per heavy atom. The summed E-state index contributed by atoms with van der Waals surface area (Å²) in [5.41, 5.74) is 2.22. The summed E-state index contributed by atoms with van der Waals surface area (Å²) >= 11 is 16.6. The number of halogens is 2. The Kier molecular flexibility index (Phi) is 7.63. The molecule has 4 nitrogen and oxygen atoms in total. The van der Waals surface area contributed by atoms with Crippen LogP contribution in [0.4, 0.5) is 5.13 Å². The summed E-state index contributed by atoms with van der Waals surface area (Å²) in [6, 6.07) is 15.5. The van der Waals surface area contributed by atoms with Gasteiger partial charge in [0.2, 0.25) is 5.91 Å². The molecule has 2 heterocycles. The van der Waals surface area contributed by atoms with Crippen molar-refractivity contribution < 1.29 is 4.79 Å². The fraction of sp³-hybridized carbons (Fsp3) is 0.136. The molecule has 0 spiro atoms. The van der Waals surface area contributed by atoms with Crippen LogP contribution in [0, 0.1) is 0 Å². The fourth-order valence-electron chi connectivity index (χ4n) is 2.80. The lowest BCUT2D eigenvalue weighted by Gasteiger charge is -2.01. The molecule has 0 atom stereocenters. The molecule has 0 saturated heterocycles. The van der Waals surface area contributed by atoms with Crippen LogP contribution in [0.1, 0.15) is 20.9 Å². The zero-order chi connectivity index (χ0) is 21.6. The molecule has 0 bridgehead atoms. The number of amides is 1. The van der Waals surface area contributed by atoms with E-state index >= 15 is 0 Å². The molecule has 2 aromatic heterocycles. The summed E-state index contributed by atoms with van der Waals surface area (Å²) in [5, 5.41) is 4.94. The standard InChI is InChI=1S/C22H17Cl2N3OS3/c23-16-7-5-14(6-8-16)9-17-11-25-21(30-17)27-20(28)13-29-22-26-12-18(31-22)10-15-3-1-2-4-19(15)24/h1-8,11-12H,9-10,13H2,(H,25,27,28). The molecule has 0 fully saturated rings. The molecule has 4 aromatic rings. The Morgan fingerprint density at radius 3 is 2.48 bits per heavy atom. The number of hydrogen-bond acceptors (Lipinski definition) is 6. The average molecular weight is 507 g/mol. The second-order valence-corrected chi connectivity index (χ2v) is 10.9. The van der Waals surface area contributed by atoms with E-state index in [-0.39, 0.29) is 11.7 Å². The summed E-state index contributed by atoms with van der Waals surface area (Å²) in [7, 11) is 0. The highest BCUT2D eigenvalue weighted by molar-refractivity contribution is 8.01. The van der Waals surface area contributed by atoms with Gasteiger partial charge in [0.1, 0.15) is 0 Å². The summed E-state index contributed by atoms with van der Waals surface area (Å²) in [4.78, 5) is 23.2. The third-order valence-corrected chi connectivity index (χ3v) is 7.96. The molecule has 0 unspecified atom stereocenters. The molecular weight excluding hydrogens is 489 g/mol. The zero-order valence-corrected chi connectivity index (χ0v) is 20.1. The quantitative estimate of drug-likeness (QED) is 0.267. The number of thioether (sulfide) groups is 1. The molecular formula is C22H17Cl2N3OS3. The highest BCUT2D eigenvalue weighted by Crippen LogP contribution is 2.28. The van der Waals surface area contributed by atoms with E-state index in [1.165, 1.54) is 23.1 Å². The summed E-state index contributed by atoms with van der Waals surface area (Å²) in [5.74, 6) is 0.186. The normalized spacial score (nSPS) is 10.9. The average Bonchev–Trinajstić information content (AvgIpc) is 3.39. The number of benzene rings is 2. The molecule has 0 radical (unpaired) electrons. The number of carbonyl (C=O) groups excluding carboxylic acids is 1. The van der Waals surface area contributed by atoms with Gasteiger partial charge in [0.25, 0.3) is 0 Å². The van der Waals surface area contributed by atoms with Gasteiger partial charge in [-0.1, -0.05) is 65.3 Å². The minimum absolute atomic E-state index is 0.0970. The van der Waals surface area contributed by atoms with Crippen molar-refractivity contribution in [1.29, 1.82) is 0 Å². The highest BCUT2D eigenvalue weighted by Gasteiger charge is 2.11. The minimum Gasteiger partial charge on any atom is -0.301 e. The first-order valence-corrected chi connectivity index (χ1v) is 12.7. The van der Waals surface area contributed by atoms with Crippen LogP contribution in [0.15, 0.2) is 65.3 Å². The van der Waals surface area contributed by atoms with Crippen LogP contribution in [-0.4, -0.2) is 21.6 Å². The lowest BCUT2D eigenvalue weighted by Crippen LogP contribution is -2.13. The van der Waals surface area contributed by atoms with E-state index in [1.807, 2.05) is 54.7 Å². The van der Waals surface area contributed by atoms with Gasteiger partial charge in [-0.2, -0.15) is 0 Å². The Bertz CT molecular complexity index is 1170. The van der Waals surface area contributed by atoms with Gasteiger partial charge in [-0.15, -0.1) is 22.7 Å². The first-order chi connectivity index (χ1) is 15.0. The molecule has 1 N–H and O–H groups in total. The third-order valence-electron chi connectivity index (χ3n) is 4.27. The maximum atomic E-state index is 12.3. The van der Waals surface area contributed by atoms with Crippen molar-refractivity contribution in [2.24, 2.45) is 0 Å². The van der Waals surface area contributed by atoms with Crippen molar-refractivity contribution in [2.75, 3.05) is 11.1 Å². The van der Waals surface area contributed by atoms with Crippen molar-refractivity contribution in [3.05, 3.63) is 91.9 Å². The maximum absolute atomic E-state index is 12.3. The second kappa shape index (κ2) is 10.6. The number of hydrogen-bond donors (Lipinski definition) is 1. The molecule has 0 aliphatic carbocycles. The van der Waals surface area contributed by atoms with Gasteiger partial charge in [0, 0.05) is 45.0 Å². The molecule has 0 aliphatic heterocycles. The van der Waals surface area contributed by atoms with Gasteiger partial charge in [-0.25, -0.2) is 9.97 Å². The Balaban J connectivity index is 1.26. The number of thiazole rings is 2. The van der Waals surface area contributed by atoms with E-state index in [1.54, 1.807) is 17.5 Å². The molecule has 0 aliphatic rings. The van der Waals surface area contributed by atoms with Gasteiger partial charge in [-0.05, 0) is 29.3 Å². The van der Waals surface area contributed by atoms with Crippen molar-refractivity contribution in [3.8, 4) is 0 Å². The van der Waals surface area contributed by atoms with E-state index in [0.717, 1.165) is 48.1 Å². The predicted molar refractivity (Wildman–Crippen MR) is 132 cm³/mol. The van der Waals surface area contributed by atoms with E-state index < -0.39 is 0 Å². The van der Waals surface area contributed by atoms with Crippen molar-refractivity contribution >= 4 is 68.7 Å². The first-order valence-electron chi connectivity index (χ1n) is 9.35. The molecule has 158 valence electrons. The topological polar surface area (TPSA) is 54.9 Å². The third kappa shape index (κ3) is 6.54. The van der Waals surface area contributed by atoms with Crippen LogP contribution in [0.3, 0.4) is 0 Å². The fourth-order valence-corrected chi connectivity index (χ4v) is 5.84. The Labute approximate surface area is 202 Å². The van der Waals surface area contributed by atoms with Crippen LogP contribution in [0.5, 0.6) is 0 Å². The minimum atomic E-state index is -0.0970. The van der Waals surface area contributed by atoms with Gasteiger partial charge in [-0.3, -0.25) is 4.79 Å². The van der Waals surface area contributed by atoms with Crippen molar-refractivity contribution in [2.45, 2.75) is 17.2 Å². The number of nitrogens with one attached hydrogen (secondary N) is 1. The van der Waals surface area contributed by atoms with Gasteiger partial charge >= 0.3 is 0 Å². The predicted octanol–water partition coefficient (Wildman–Crippen LogP) is 6.82. The smallest absolute Gasteiger partial charge is 0.236 e. The lowest BCUT2D eigenvalue weighted by molar-refractivity contribution is -0.113. The van der Waals surface area contributed by atoms with Gasteiger partial charge in [0.15, 0.2) is 9.47 Å². The van der Waals surface area contributed by atoms with Crippen LogP contribution in [0.2, 0.25) is 10.0 Å². The van der Waals surface area contributed by atoms with E-state index in [2.05, 4.69) is 15.3 Å². The molecule has 0 saturated carbocycles. The van der Waals surface area contributed by atoms with E-state index in [4.69, 9.17) is 23.2 Å². The number of nitrogens with zero attached hydrogens (tertiary/aromatic N) is 2. The number of anilines is 1. The molecule has 4 rings (SSSR count). The number of carbonyl (C=O) groups is 1. The summed E-state index contributed by atoms with van der Waals surface area (Å²) in [6.07, 6.45) is 5.13. The number of aromatic nitrogens is 2. The molecule has 9 heteroatoms. The lowest BCUT2D eigenvalue weighted by atomic mass is 10.1. The summed E-state index contributed by atoms with van der Waals surface area (Å²) in [6.45, 7) is 0. The maximum Gasteiger partial charge on any atom is 0.236 e. The second-order valence-electron chi connectivity index (χ2n) is 6.63. The molecule has 2 aromatic carbocycles. The zero-order valence-electron chi connectivity index (χ0n) is 16.2. The van der Waals surface area contributed by atoms with Crippen LogP contribution >= 0.6 is 57.6 Å². The molecule has 31 heavy (non-hydrogen) atoms. The Hall–Kier alpha value is -1.90. The Morgan fingerprint density at radius 1 is 0.935 bits per heavy atom. The van der Waals surface area contributed by atoms with Crippen LogP contribution < -0.4 is 5.32 Å². The first kappa shape index (κ1) is 22.3. The van der Waals surface area contributed by atoms with Gasteiger partial charge < -0.3 is 5.32 Å². The van der Waals surface area contributed by atoms with Crippen molar-refractivity contribution in [3.63, 3.8) is 0 Å². The van der Waals surface area contributed by atoms with Crippen LogP contribution in [0.25, 0.3) is 0 Å². The van der Waals surface area contributed by atoms with E-state index in [0.29, 0.717) is 5.13 Å². The highest BCUT2D eigenvalue weighted by atomic mass is 35.5. The van der Waals surface area contributed by atoms with Crippen molar-refractivity contribution in [1.82, 2.24) is 9.97 Å². The summed E-state index contributed by atoms with van der Waals surface area (Å²) < 4.78 is 0.861. The largest absolute Gasteiger partial charge is 0.301 e. The molecule has 1 amide bonds. The SMILES string of the molecule is O=C(CSc1ncc(Cc2ccccc2Cl)s1)Nc1ncc(Cc2ccc(Cl)cc2)s1. The van der Waals surface area contributed by atoms with E-state index in [9.17, 15) is 4.79 Å².